The Morgan fingerprint density at radius 2 is 1.93 bits per heavy atom. The van der Waals surface area contributed by atoms with Gasteiger partial charge >= 0.3 is 0 Å². The number of halogens is 2. The number of nitrogens with two attached hydrogens (primary N) is 1. The third-order valence-corrected chi connectivity index (χ3v) is 6.99. The van der Waals surface area contributed by atoms with Gasteiger partial charge in [0.05, 0.1) is 29.7 Å². The number of likely N-dealkylation sites (tertiary alicyclic amines) is 1. The van der Waals surface area contributed by atoms with E-state index in [1.54, 1.807) is 0 Å². The molecule has 0 radical (unpaired) electrons. The molecule has 2 aromatic rings. The van der Waals surface area contributed by atoms with Crippen molar-refractivity contribution in [2.45, 2.75) is 50.6 Å². The number of rotatable bonds is 4. The van der Waals surface area contributed by atoms with Crippen molar-refractivity contribution >= 4 is 5.91 Å². The second-order valence-electron chi connectivity index (χ2n) is 9.11. The van der Waals surface area contributed by atoms with Crippen LogP contribution in [0.5, 0.6) is 0 Å². The minimum atomic E-state index is -3.06. The monoisotopic (exact) mass is 397 g/mol. The molecule has 6 heteroatoms. The average molecular weight is 397 g/mol. The number of nitrogens with zero attached hydrogens (tertiary/aromatic N) is 2. The van der Waals surface area contributed by atoms with E-state index in [-0.39, 0.29) is 11.3 Å². The van der Waals surface area contributed by atoms with Gasteiger partial charge in [-0.05, 0) is 62.3 Å². The number of carbonyl (C=O) groups excluding carboxylic acids is 1. The van der Waals surface area contributed by atoms with Gasteiger partial charge in [0.15, 0.2) is 0 Å². The predicted octanol–water partition coefficient (Wildman–Crippen LogP) is 3.57. The number of alkyl halides is 2. The molecule has 2 N–H and O–H groups in total. The third kappa shape index (κ3) is 2.96. The fourth-order valence-electron chi connectivity index (χ4n) is 5.23. The fourth-order valence-corrected chi connectivity index (χ4v) is 5.23. The van der Waals surface area contributed by atoms with Crippen LogP contribution in [0.2, 0.25) is 0 Å². The molecule has 1 amide bonds. The van der Waals surface area contributed by atoms with Crippen LogP contribution in [0.3, 0.4) is 0 Å². The lowest BCUT2D eigenvalue weighted by molar-refractivity contribution is -0.178. The summed E-state index contributed by atoms with van der Waals surface area (Å²) in [6.45, 7) is 1.37. The molecule has 4 aliphatic rings. The van der Waals surface area contributed by atoms with Crippen LogP contribution < -0.4 is 5.73 Å². The van der Waals surface area contributed by atoms with Crippen molar-refractivity contribution in [2.24, 2.45) is 17.1 Å². The Hall–Kier alpha value is -2.34. The number of carbonyl (C=O) groups is 1. The van der Waals surface area contributed by atoms with Crippen LogP contribution in [0, 0.1) is 18.3 Å². The highest BCUT2D eigenvalue weighted by atomic mass is 19.3. The van der Waals surface area contributed by atoms with E-state index in [1.165, 1.54) is 4.90 Å². The smallest absolute Gasteiger partial charge is 0.282 e. The minimum absolute atomic E-state index is 0.117. The first-order valence-electron chi connectivity index (χ1n) is 10.2. The highest BCUT2D eigenvalue weighted by Crippen LogP contribution is 2.65. The molecule has 1 aliphatic heterocycles. The van der Waals surface area contributed by atoms with Gasteiger partial charge < -0.3 is 10.6 Å². The van der Waals surface area contributed by atoms with Crippen molar-refractivity contribution in [3.8, 4) is 11.3 Å². The van der Waals surface area contributed by atoms with Gasteiger partial charge in [0.2, 0.25) is 5.91 Å². The number of benzene rings is 1. The summed E-state index contributed by atoms with van der Waals surface area (Å²) in [7, 11) is 0. The van der Waals surface area contributed by atoms with E-state index in [0.29, 0.717) is 12.3 Å². The van der Waals surface area contributed by atoms with Crippen molar-refractivity contribution in [1.82, 2.24) is 9.88 Å². The maximum atomic E-state index is 14.5. The van der Waals surface area contributed by atoms with Gasteiger partial charge in [0.25, 0.3) is 5.92 Å². The molecule has 2 heterocycles. The molecule has 0 spiro atoms. The zero-order valence-electron chi connectivity index (χ0n) is 16.4. The van der Waals surface area contributed by atoms with E-state index in [0.717, 1.165) is 41.8 Å². The number of aryl methyl sites for hydroxylation is 1. The van der Waals surface area contributed by atoms with Gasteiger partial charge in [-0.3, -0.25) is 9.78 Å². The van der Waals surface area contributed by atoms with Crippen LogP contribution in [0.4, 0.5) is 8.78 Å². The minimum Gasteiger partial charge on any atom is -0.331 e. The normalized spacial score (nSPS) is 31.9. The average Bonchev–Trinajstić information content (AvgIpc) is 2.83. The number of pyridine rings is 1. The maximum Gasteiger partial charge on any atom is 0.282 e. The molecule has 29 heavy (non-hydrogen) atoms. The van der Waals surface area contributed by atoms with Crippen LogP contribution in [0.15, 0.2) is 42.5 Å². The van der Waals surface area contributed by atoms with Gasteiger partial charge in [0, 0.05) is 11.3 Å². The molecule has 152 valence electrons. The summed E-state index contributed by atoms with van der Waals surface area (Å²) in [6.07, 6.45) is 2.88. The topological polar surface area (TPSA) is 59.2 Å². The molecule has 4 nitrogen and oxygen atoms in total. The summed E-state index contributed by atoms with van der Waals surface area (Å²) >= 11 is 0. The highest BCUT2D eigenvalue weighted by molar-refractivity contribution is 5.86. The number of amides is 1. The van der Waals surface area contributed by atoms with E-state index >= 15 is 0 Å². The summed E-state index contributed by atoms with van der Waals surface area (Å²) in [6, 6.07) is 11.5. The Morgan fingerprint density at radius 3 is 2.59 bits per heavy atom. The molecule has 2 bridgehead atoms. The van der Waals surface area contributed by atoms with Crippen molar-refractivity contribution in [3.05, 3.63) is 53.7 Å². The number of hydrogen-bond acceptors (Lipinski definition) is 3. The first-order valence-corrected chi connectivity index (χ1v) is 10.2. The van der Waals surface area contributed by atoms with Gasteiger partial charge in [-0.1, -0.05) is 24.3 Å². The van der Waals surface area contributed by atoms with Crippen LogP contribution in [-0.2, 0) is 11.2 Å². The maximum absolute atomic E-state index is 14.5. The van der Waals surface area contributed by atoms with Gasteiger partial charge in [-0.15, -0.1) is 0 Å². The summed E-state index contributed by atoms with van der Waals surface area (Å²) in [4.78, 5) is 19.0. The number of hydrogen-bond donors (Lipinski definition) is 1. The molecule has 1 saturated heterocycles. The van der Waals surface area contributed by atoms with Crippen LogP contribution in [0.25, 0.3) is 11.3 Å². The Morgan fingerprint density at radius 1 is 1.21 bits per heavy atom. The van der Waals surface area contributed by atoms with Crippen molar-refractivity contribution in [3.63, 3.8) is 0 Å². The molecule has 1 aromatic heterocycles. The van der Waals surface area contributed by atoms with Crippen LogP contribution in [0.1, 0.15) is 30.5 Å². The highest BCUT2D eigenvalue weighted by Gasteiger charge is 2.65. The molecule has 4 fully saturated rings. The zero-order valence-corrected chi connectivity index (χ0v) is 16.4. The van der Waals surface area contributed by atoms with Crippen molar-refractivity contribution in [2.75, 3.05) is 6.54 Å². The molecule has 6 rings (SSSR count). The Labute approximate surface area is 169 Å². The standard InChI is InChI=1S/C23H25F2N3O/c1-14-4-2-7-18(27-14)17-6-3-5-15(8-17)9-19-20(26)23(24,25)13-28(19)21(29)22-10-16(11-22)12-22/h2-8,16,19-20H,9-13,26H2,1H3/t16?,19-,20+,22?/m0/s1. The van der Waals surface area contributed by atoms with Gasteiger partial charge in [-0.2, -0.15) is 0 Å². The zero-order chi connectivity index (χ0) is 20.4. The summed E-state index contributed by atoms with van der Waals surface area (Å²) < 4.78 is 29.0. The second kappa shape index (κ2) is 6.33. The lowest BCUT2D eigenvalue weighted by Crippen LogP contribution is -2.62. The van der Waals surface area contributed by atoms with Crippen LogP contribution >= 0.6 is 0 Å². The summed E-state index contributed by atoms with van der Waals surface area (Å²) in [5.74, 6) is -2.55. The molecule has 0 unspecified atom stereocenters. The van der Waals surface area contributed by atoms with Gasteiger partial charge in [-0.25, -0.2) is 8.78 Å². The van der Waals surface area contributed by atoms with Crippen molar-refractivity contribution in [1.29, 1.82) is 0 Å². The van der Waals surface area contributed by atoms with Gasteiger partial charge in [0.1, 0.15) is 0 Å². The van der Waals surface area contributed by atoms with Crippen molar-refractivity contribution < 1.29 is 13.6 Å². The fraction of sp³-hybridized carbons (Fsp3) is 0.478. The Balaban J connectivity index is 1.41. The Bertz CT molecular complexity index is 959. The molecule has 3 saturated carbocycles. The first-order chi connectivity index (χ1) is 13.8. The predicted molar refractivity (Wildman–Crippen MR) is 106 cm³/mol. The molecule has 3 aliphatic carbocycles. The van der Waals surface area contributed by atoms with E-state index in [1.807, 2.05) is 49.4 Å². The lowest BCUT2D eigenvalue weighted by atomic mass is 9.44. The summed E-state index contributed by atoms with van der Waals surface area (Å²) in [5.41, 5.74) is 9.16. The quantitative estimate of drug-likeness (QED) is 0.858. The van der Waals surface area contributed by atoms with E-state index in [2.05, 4.69) is 4.98 Å². The first kappa shape index (κ1) is 18.7. The lowest BCUT2D eigenvalue weighted by Gasteiger charge is -2.61. The van der Waals surface area contributed by atoms with E-state index < -0.39 is 24.6 Å². The van der Waals surface area contributed by atoms with Crippen LogP contribution in [-0.4, -0.2) is 40.3 Å². The summed E-state index contributed by atoms with van der Waals surface area (Å²) in [5, 5.41) is 0. The largest absolute Gasteiger partial charge is 0.331 e. The molecule has 1 aromatic carbocycles. The Kier molecular flexibility index (Phi) is 4.07. The SMILES string of the molecule is Cc1cccc(-c2cccc(C[C@H]3[C@@H](N)C(F)(F)CN3C(=O)C34CC(C3)C4)c2)n1. The molecular weight excluding hydrogens is 372 g/mol. The molecular formula is C23H25F2N3O. The van der Waals surface area contributed by atoms with E-state index in [9.17, 15) is 13.6 Å². The number of aromatic nitrogens is 1. The third-order valence-electron chi connectivity index (χ3n) is 6.99. The molecule has 2 atom stereocenters. The second-order valence-corrected chi connectivity index (χ2v) is 9.11. The van der Waals surface area contributed by atoms with E-state index in [4.69, 9.17) is 5.73 Å².